The molecule has 3 heteroatoms. The van der Waals surface area contributed by atoms with Crippen molar-refractivity contribution in [2.24, 2.45) is 0 Å². The molecule has 0 radical (unpaired) electrons. The van der Waals surface area contributed by atoms with Crippen molar-refractivity contribution < 1.29 is 14.3 Å². The van der Waals surface area contributed by atoms with Crippen LogP contribution in [0.2, 0.25) is 0 Å². The lowest BCUT2D eigenvalue weighted by molar-refractivity contribution is -0.117. The third-order valence-electron chi connectivity index (χ3n) is 3.62. The van der Waals surface area contributed by atoms with Gasteiger partial charge in [-0.3, -0.25) is 4.79 Å². The van der Waals surface area contributed by atoms with Gasteiger partial charge in [0.15, 0.2) is 11.5 Å². The van der Waals surface area contributed by atoms with Gasteiger partial charge in [-0.15, -0.1) is 0 Å². The molecule has 1 aliphatic rings. The topological polar surface area (TPSA) is 35.5 Å². The SMILES string of the molecule is COc1ccc(C2(C)CCC(=O)C2)cc1OC. The van der Waals surface area contributed by atoms with E-state index in [1.807, 2.05) is 18.2 Å². The van der Waals surface area contributed by atoms with E-state index in [-0.39, 0.29) is 5.41 Å². The van der Waals surface area contributed by atoms with Gasteiger partial charge >= 0.3 is 0 Å². The third kappa shape index (κ3) is 2.14. The van der Waals surface area contributed by atoms with E-state index in [0.717, 1.165) is 23.5 Å². The van der Waals surface area contributed by atoms with Crippen LogP contribution in [0.5, 0.6) is 11.5 Å². The van der Waals surface area contributed by atoms with Gasteiger partial charge in [-0.2, -0.15) is 0 Å². The second kappa shape index (κ2) is 4.40. The van der Waals surface area contributed by atoms with Crippen molar-refractivity contribution in [3.05, 3.63) is 23.8 Å². The molecule has 1 aromatic carbocycles. The van der Waals surface area contributed by atoms with Crippen molar-refractivity contribution in [1.82, 2.24) is 0 Å². The summed E-state index contributed by atoms with van der Waals surface area (Å²) in [4.78, 5) is 11.5. The molecule has 0 spiro atoms. The van der Waals surface area contributed by atoms with E-state index in [9.17, 15) is 4.79 Å². The van der Waals surface area contributed by atoms with Crippen LogP contribution in [-0.2, 0) is 10.2 Å². The number of benzene rings is 1. The molecule has 1 unspecified atom stereocenters. The lowest BCUT2D eigenvalue weighted by Gasteiger charge is -2.24. The maximum Gasteiger partial charge on any atom is 0.161 e. The smallest absolute Gasteiger partial charge is 0.161 e. The Morgan fingerprint density at radius 1 is 1.18 bits per heavy atom. The van der Waals surface area contributed by atoms with Gasteiger partial charge in [-0.25, -0.2) is 0 Å². The van der Waals surface area contributed by atoms with E-state index in [4.69, 9.17) is 9.47 Å². The van der Waals surface area contributed by atoms with Gasteiger partial charge in [-0.05, 0) is 29.5 Å². The quantitative estimate of drug-likeness (QED) is 0.806. The molecule has 1 aliphatic carbocycles. The summed E-state index contributed by atoms with van der Waals surface area (Å²) in [6.07, 6.45) is 2.23. The van der Waals surface area contributed by atoms with E-state index >= 15 is 0 Å². The van der Waals surface area contributed by atoms with E-state index in [1.54, 1.807) is 14.2 Å². The Labute approximate surface area is 102 Å². The Balaban J connectivity index is 2.36. The minimum Gasteiger partial charge on any atom is -0.493 e. The van der Waals surface area contributed by atoms with E-state index < -0.39 is 0 Å². The summed E-state index contributed by atoms with van der Waals surface area (Å²) in [5.74, 6) is 1.80. The number of hydrogen-bond donors (Lipinski definition) is 0. The summed E-state index contributed by atoms with van der Waals surface area (Å²) in [5, 5.41) is 0. The van der Waals surface area contributed by atoms with Crippen molar-refractivity contribution in [3.8, 4) is 11.5 Å². The van der Waals surface area contributed by atoms with Gasteiger partial charge in [0, 0.05) is 12.8 Å². The molecule has 0 bridgehead atoms. The molecule has 0 aliphatic heterocycles. The number of carbonyl (C=O) groups is 1. The zero-order valence-corrected chi connectivity index (χ0v) is 10.6. The summed E-state index contributed by atoms with van der Waals surface area (Å²) in [6, 6.07) is 5.92. The summed E-state index contributed by atoms with van der Waals surface area (Å²) in [7, 11) is 3.25. The first-order valence-electron chi connectivity index (χ1n) is 5.83. The Morgan fingerprint density at radius 2 is 1.88 bits per heavy atom. The van der Waals surface area contributed by atoms with Crippen LogP contribution < -0.4 is 9.47 Å². The Bertz CT molecular complexity index is 439. The van der Waals surface area contributed by atoms with Gasteiger partial charge in [0.25, 0.3) is 0 Å². The highest BCUT2D eigenvalue weighted by molar-refractivity contribution is 5.82. The number of carbonyl (C=O) groups excluding carboxylic acids is 1. The summed E-state index contributed by atoms with van der Waals surface area (Å²) in [5.41, 5.74) is 1.11. The molecule has 1 fully saturated rings. The maximum atomic E-state index is 11.5. The Kier molecular flexibility index (Phi) is 3.09. The van der Waals surface area contributed by atoms with E-state index in [2.05, 4.69) is 6.92 Å². The van der Waals surface area contributed by atoms with Crippen LogP contribution in [0.15, 0.2) is 18.2 Å². The average molecular weight is 234 g/mol. The highest BCUT2D eigenvalue weighted by atomic mass is 16.5. The normalized spacial score (nSPS) is 23.8. The lowest BCUT2D eigenvalue weighted by Crippen LogP contribution is -2.17. The Morgan fingerprint density at radius 3 is 2.41 bits per heavy atom. The van der Waals surface area contributed by atoms with Gasteiger partial charge in [-0.1, -0.05) is 13.0 Å². The van der Waals surface area contributed by atoms with Crippen LogP contribution in [0.4, 0.5) is 0 Å². The number of ether oxygens (including phenoxy) is 2. The summed E-state index contributed by atoms with van der Waals surface area (Å²) >= 11 is 0. The Hall–Kier alpha value is -1.51. The number of methoxy groups -OCH3 is 2. The third-order valence-corrected chi connectivity index (χ3v) is 3.62. The molecule has 0 saturated heterocycles. The fourth-order valence-corrected chi connectivity index (χ4v) is 2.49. The van der Waals surface area contributed by atoms with Crippen LogP contribution >= 0.6 is 0 Å². The number of Topliss-reactive ketones (excluding diaryl/α,β-unsaturated/α-hetero) is 1. The highest BCUT2D eigenvalue weighted by Gasteiger charge is 2.35. The van der Waals surface area contributed by atoms with Crippen molar-refractivity contribution >= 4 is 5.78 Å². The standard InChI is InChI=1S/C14H18O3/c1-14(7-6-11(15)9-14)10-4-5-12(16-2)13(8-10)17-3/h4-5,8H,6-7,9H2,1-3H3. The molecular formula is C14H18O3. The lowest BCUT2D eigenvalue weighted by atomic mass is 9.81. The first kappa shape index (κ1) is 12.0. The molecule has 0 amide bonds. The first-order chi connectivity index (χ1) is 8.09. The molecule has 1 saturated carbocycles. The molecule has 0 aromatic heterocycles. The zero-order valence-electron chi connectivity index (χ0n) is 10.6. The van der Waals surface area contributed by atoms with Crippen LogP contribution in [-0.4, -0.2) is 20.0 Å². The second-order valence-corrected chi connectivity index (χ2v) is 4.85. The van der Waals surface area contributed by atoms with Gasteiger partial charge in [0.2, 0.25) is 0 Å². The fraction of sp³-hybridized carbons (Fsp3) is 0.500. The minimum atomic E-state index is -0.0450. The fourth-order valence-electron chi connectivity index (χ4n) is 2.49. The molecule has 1 aromatic rings. The molecular weight excluding hydrogens is 216 g/mol. The maximum absolute atomic E-state index is 11.5. The molecule has 0 N–H and O–H groups in total. The first-order valence-corrected chi connectivity index (χ1v) is 5.83. The van der Waals surface area contributed by atoms with Crippen molar-refractivity contribution in [2.45, 2.75) is 31.6 Å². The predicted octanol–water partition coefficient (Wildman–Crippen LogP) is 2.71. The van der Waals surface area contributed by atoms with Crippen LogP contribution in [0.3, 0.4) is 0 Å². The summed E-state index contributed by atoms with van der Waals surface area (Å²) < 4.78 is 10.5. The molecule has 17 heavy (non-hydrogen) atoms. The average Bonchev–Trinajstić information content (AvgIpc) is 2.69. The zero-order chi connectivity index (χ0) is 12.5. The molecule has 1 atom stereocenters. The minimum absolute atomic E-state index is 0.0450. The molecule has 3 nitrogen and oxygen atoms in total. The van der Waals surface area contributed by atoms with Gasteiger partial charge in [0.1, 0.15) is 5.78 Å². The van der Waals surface area contributed by atoms with Crippen molar-refractivity contribution in [2.75, 3.05) is 14.2 Å². The van der Waals surface area contributed by atoms with Crippen LogP contribution in [0, 0.1) is 0 Å². The monoisotopic (exact) mass is 234 g/mol. The number of rotatable bonds is 3. The van der Waals surface area contributed by atoms with Gasteiger partial charge < -0.3 is 9.47 Å². The number of ketones is 1. The predicted molar refractivity (Wildman–Crippen MR) is 65.8 cm³/mol. The van der Waals surface area contributed by atoms with Crippen molar-refractivity contribution in [1.29, 1.82) is 0 Å². The highest BCUT2D eigenvalue weighted by Crippen LogP contribution is 2.41. The van der Waals surface area contributed by atoms with E-state index in [0.29, 0.717) is 18.6 Å². The molecule has 2 rings (SSSR count). The molecule has 92 valence electrons. The second-order valence-electron chi connectivity index (χ2n) is 4.85. The van der Waals surface area contributed by atoms with Crippen LogP contribution in [0.25, 0.3) is 0 Å². The van der Waals surface area contributed by atoms with Crippen molar-refractivity contribution in [3.63, 3.8) is 0 Å². The molecule has 0 heterocycles. The number of hydrogen-bond acceptors (Lipinski definition) is 3. The largest absolute Gasteiger partial charge is 0.493 e. The van der Waals surface area contributed by atoms with E-state index in [1.165, 1.54) is 0 Å². The van der Waals surface area contributed by atoms with Gasteiger partial charge in [0.05, 0.1) is 14.2 Å². The van der Waals surface area contributed by atoms with Crippen LogP contribution in [0.1, 0.15) is 31.7 Å². The summed E-state index contributed by atoms with van der Waals surface area (Å²) in [6.45, 7) is 2.14.